The van der Waals surface area contributed by atoms with Gasteiger partial charge in [-0.3, -0.25) is 5.04 Å². The second-order valence-electron chi connectivity index (χ2n) is 13.4. The molecule has 0 aromatic heterocycles. The number of nitrogens with zero attached hydrogens (tertiary/aromatic N) is 2. The van der Waals surface area contributed by atoms with Crippen LogP contribution < -0.4 is 109 Å². The molecule has 0 aliphatic carbocycles. The number of carboxylic acid groups (broad SMARTS) is 2. The first-order chi connectivity index (χ1) is 24.6. The first-order valence-corrected chi connectivity index (χ1v) is 18.6. The molecule has 0 saturated heterocycles. The van der Waals surface area contributed by atoms with E-state index in [0.29, 0.717) is 47.4 Å². The van der Waals surface area contributed by atoms with E-state index in [-0.39, 0.29) is 124 Å². The van der Waals surface area contributed by atoms with E-state index < -0.39 is 32.4 Å². The summed E-state index contributed by atoms with van der Waals surface area (Å²) in [6, 6.07) is 14.1. The molecule has 0 fully saturated rings. The molecular formula is C38H37N2Na3O10S2. The van der Waals surface area contributed by atoms with Gasteiger partial charge in [0.1, 0.15) is 10.1 Å². The number of para-hydroxylation sites is 1. The van der Waals surface area contributed by atoms with Crippen LogP contribution in [0.25, 0.3) is 10.8 Å². The smallest absolute Gasteiger partial charge is 0.744 e. The van der Waals surface area contributed by atoms with Crippen LogP contribution in [0.15, 0.2) is 107 Å². The molecule has 3 aromatic carbocycles. The van der Waals surface area contributed by atoms with Gasteiger partial charge in [0.2, 0.25) is 5.69 Å². The van der Waals surface area contributed by atoms with E-state index >= 15 is 0 Å². The van der Waals surface area contributed by atoms with E-state index in [1.807, 2.05) is 62.4 Å². The Hall–Kier alpha value is -1.57. The summed E-state index contributed by atoms with van der Waals surface area (Å²) in [5.74, 6) is -2.34. The number of allylic oxidation sites excluding steroid dienone is 8. The van der Waals surface area contributed by atoms with Gasteiger partial charge in [-0.15, -0.1) is 0 Å². The molecule has 0 N–H and O–H groups in total. The fraction of sp³-hybridized carbons (Fsp3) is 0.289. The second-order valence-corrected chi connectivity index (χ2v) is 15.5. The molecule has 0 radical (unpaired) electrons. The van der Waals surface area contributed by atoms with Crippen LogP contribution in [0, 0.1) is 0 Å². The zero-order valence-corrected chi connectivity index (χ0v) is 39.6. The molecular weight excluding hydrogens is 778 g/mol. The molecule has 274 valence electrons. The molecule has 0 atom stereocenters. The van der Waals surface area contributed by atoms with Crippen LogP contribution in [0.3, 0.4) is 0 Å². The van der Waals surface area contributed by atoms with Crippen molar-refractivity contribution in [1.29, 1.82) is 0 Å². The number of hydrogen-bond donors (Lipinski definition) is 0. The molecule has 12 nitrogen and oxygen atoms in total. The molecule has 0 spiro atoms. The Morgan fingerprint density at radius 3 is 2.20 bits per heavy atom. The van der Waals surface area contributed by atoms with Gasteiger partial charge in [-0.05, 0) is 68.0 Å². The van der Waals surface area contributed by atoms with Gasteiger partial charge >= 0.3 is 88.7 Å². The van der Waals surface area contributed by atoms with Gasteiger partial charge in [0.25, 0.3) is 0 Å². The Morgan fingerprint density at radius 1 is 0.891 bits per heavy atom. The molecule has 55 heavy (non-hydrogen) atoms. The Balaban J connectivity index is 0.00000348. The quantitative estimate of drug-likeness (QED) is 0.0270. The van der Waals surface area contributed by atoms with Crippen LogP contribution in [0.2, 0.25) is 0 Å². The molecule has 0 unspecified atom stereocenters. The largest absolute Gasteiger partial charge is 1.00 e. The van der Waals surface area contributed by atoms with Crippen molar-refractivity contribution in [2.45, 2.75) is 67.6 Å². The van der Waals surface area contributed by atoms with E-state index in [1.165, 1.54) is 0 Å². The maximum Gasteiger partial charge on any atom is 1.00 e. The number of carbonyl (C=O) groups excluding carboxylic acids is 2. The van der Waals surface area contributed by atoms with Crippen LogP contribution in [0.4, 0.5) is 11.4 Å². The van der Waals surface area contributed by atoms with Gasteiger partial charge < -0.3 is 34.5 Å². The number of rotatable bonds is 15. The summed E-state index contributed by atoms with van der Waals surface area (Å²) in [5, 5.41) is 37.0. The van der Waals surface area contributed by atoms with Crippen LogP contribution in [-0.2, 0) is 39.9 Å². The van der Waals surface area contributed by atoms with Crippen molar-refractivity contribution in [2.24, 2.45) is 0 Å². The Bertz CT molecular complexity index is 2180. The number of benzene rings is 3. The van der Waals surface area contributed by atoms with Crippen LogP contribution in [-0.4, -0.2) is 48.3 Å². The molecule has 3 aromatic rings. The maximum atomic E-state index is 12.6. The van der Waals surface area contributed by atoms with Gasteiger partial charge in [0.15, 0.2) is 12.3 Å². The third-order valence-electron chi connectivity index (χ3n) is 9.36. The van der Waals surface area contributed by atoms with Gasteiger partial charge in [-0.2, -0.15) is 8.91 Å². The Morgan fingerprint density at radius 2 is 1.55 bits per heavy atom. The van der Waals surface area contributed by atoms with Gasteiger partial charge in [-0.25, -0.2) is 8.42 Å². The number of fused-ring (bicyclic) bond motifs is 4. The first kappa shape index (κ1) is 49.6. The molecule has 2 aliphatic rings. The standard InChI is InChI=1S/C38H40N2O10S2.3Na/c1-37(2)27-13-10-11-14-28(27)39(21-12-17-33(41)42)31(37)15-8-6-5-7-9-16-32-38(3,4)36-29(40(32)22-20-34(43)44)19-18-25-23-26(51-50-49-45)24-30(35(25)36)52(46,47)48;;;/h5-11,13-16,18-19,23-24H,12,17,20-22H2,1-4H3,(H3-,41,42,43,44,45,46,47,48);;;/q;3*+1/p-3. The summed E-state index contributed by atoms with van der Waals surface area (Å²) in [7, 11) is -5.02. The monoisotopic (exact) mass is 814 g/mol. The van der Waals surface area contributed by atoms with Crippen molar-refractivity contribution < 1.29 is 141 Å². The summed E-state index contributed by atoms with van der Waals surface area (Å²) < 4.78 is 43.8. The average molecular weight is 815 g/mol. The minimum Gasteiger partial charge on any atom is -0.744 e. The molecule has 0 bridgehead atoms. The summed E-state index contributed by atoms with van der Waals surface area (Å²) in [6.45, 7) is 8.53. The number of aliphatic carboxylic acids is 2. The van der Waals surface area contributed by atoms with Gasteiger partial charge in [0.05, 0.1) is 22.4 Å². The number of carboxylic acids is 2. The molecule has 0 saturated carbocycles. The van der Waals surface area contributed by atoms with Crippen LogP contribution in [0.1, 0.15) is 58.1 Å². The Kier molecular flexibility index (Phi) is 18.9. The van der Waals surface area contributed by atoms with Crippen LogP contribution >= 0.6 is 12.0 Å². The molecule has 0 amide bonds. The number of hydrogen-bond acceptors (Lipinski definition) is 12. The van der Waals surface area contributed by atoms with Crippen molar-refractivity contribution in [3.05, 3.63) is 108 Å². The SMILES string of the molecule is CC1(C)C(/C=C/C=C/C=C/C=C2/N(CCCC(=O)[O-])c3ccccc3C2(C)C)=[N+](CCC(=O)[O-])c2ccc3cc(SOO[O-])cc(S(=O)(=O)[O-])c3c21.[Na+].[Na+].[Na+]. The molecule has 2 aliphatic heterocycles. The predicted octanol–water partition coefficient (Wildman–Crippen LogP) is -5.62. The third-order valence-corrected chi connectivity index (χ3v) is 10.8. The number of carbonyl (C=O) groups is 2. The zero-order chi connectivity index (χ0) is 37.8. The predicted molar refractivity (Wildman–Crippen MR) is 189 cm³/mol. The summed E-state index contributed by atoms with van der Waals surface area (Å²) in [4.78, 5) is 24.4. The minimum atomic E-state index is -5.02. The normalized spacial score (nSPS) is 16.4. The summed E-state index contributed by atoms with van der Waals surface area (Å²) in [6.07, 6.45) is 13.1. The van der Waals surface area contributed by atoms with Crippen molar-refractivity contribution in [2.75, 3.05) is 18.0 Å². The molecule has 17 heteroatoms. The third kappa shape index (κ3) is 11.1. The maximum absolute atomic E-state index is 12.6. The summed E-state index contributed by atoms with van der Waals surface area (Å²) in [5.41, 5.74) is 3.75. The molecule has 2 heterocycles. The summed E-state index contributed by atoms with van der Waals surface area (Å²) >= 11 is 0.461. The van der Waals surface area contributed by atoms with Crippen molar-refractivity contribution in [3.63, 3.8) is 0 Å². The number of anilines is 1. The molecule has 5 rings (SSSR count). The fourth-order valence-electron chi connectivity index (χ4n) is 7.13. The van der Waals surface area contributed by atoms with E-state index in [2.05, 4.69) is 34.2 Å². The van der Waals surface area contributed by atoms with E-state index in [0.717, 1.165) is 23.0 Å². The van der Waals surface area contributed by atoms with Gasteiger partial charge in [0, 0.05) is 69.7 Å². The fourth-order valence-corrected chi connectivity index (χ4v) is 8.40. The van der Waals surface area contributed by atoms with E-state index in [1.54, 1.807) is 34.9 Å². The minimum absolute atomic E-state index is 0. The zero-order valence-electron chi connectivity index (χ0n) is 32.0. The van der Waals surface area contributed by atoms with Crippen molar-refractivity contribution >= 4 is 62.0 Å². The average Bonchev–Trinajstić information content (AvgIpc) is 3.43. The van der Waals surface area contributed by atoms with Crippen molar-refractivity contribution in [1.82, 2.24) is 0 Å². The second kappa shape index (κ2) is 20.9. The Labute approximate surface area is 391 Å². The van der Waals surface area contributed by atoms with Gasteiger partial charge in [-0.1, -0.05) is 62.4 Å². The van der Waals surface area contributed by atoms with Crippen LogP contribution in [0.5, 0.6) is 0 Å². The van der Waals surface area contributed by atoms with E-state index in [9.17, 15) is 38.0 Å². The van der Waals surface area contributed by atoms with E-state index in [4.69, 9.17) is 0 Å². The topological polar surface area (TPSA) is 185 Å². The first-order valence-electron chi connectivity index (χ1n) is 16.4. The van der Waals surface area contributed by atoms with Crippen molar-refractivity contribution in [3.8, 4) is 0 Å².